The summed E-state index contributed by atoms with van der Waals surface area (Å²) in [6, 6.07) is 6.50. The first kappa shape index (κ1) is 16.7. The fourth-order valence-corrected chi connectivity index (χ4v) is 3.74. The van der Waals surface area contributed by atoms with Gasteiger partial charge < -0.3 is 19.5 Å². The predicted molar refractivity (Wildman–Crippen MR) is 78.2 cm³/mol. The molecule has 1 aliphatic heterocycles. The van der Waals surface area contributed by atoms with Crippen molar-refractivity contribution in [1.82, 2.24) is 0 Å². The van der Waals surface area contributed by atoms with E-state index in [2.05, 4.69) is 0 Å². The van der Waals surface area contributed by atoms with E-state index < -0.39 is 30.1 Å². The van der Waals surface area contributed by atoms with Crippen LogP contribution >= 0.6 is 0 Å². The van der Waals surface area contributed by atoms with Crippen LogP contribution in [0.4, 0.5) is 4.39 Å². The second-order valence-electron chi connectivity index (χ2n) is 5.30. The van der Waals surface area contributed by atoms with Crippen LogP contribution in [0.3, 0.4) is 0 Å². The van der Waals surface area contributed by atoms with E-state index in [0.717, 1.165) is 26.1 Å². The Balaban J connectivity index is 1.94. The molecule has 0 aliphatic carbocycles. The van der Waals surface area contributed by atoms with E-state index in [1.165, 1.54) is 0 Å². The van der Waals surface area contributed by atoms with E-state index >= 15 is 0 Å². The third-order valence-electron chi connectivity index (χ3n) is 3.74. The van der Waals surface area contributed by atoms with Crippen molar-refractivity contribution in [3.8, 4) is 0 Å². The second-order valence-corrected chi connectivity index (χ2v) is 6.80. The average Bonchev–Trinajstić information content (AvgIpc) is 2.54. The van der Waals surface area contributed by atoms with Crippen LogP contribution in [-0.2, 0) is 15.9 Å². The van der Waals surface area contributed by atoms with Gasteiger partial charge in [0.25, 0.3) is 0 Å². The smallest absolute Gasteiger partial charge is 0.152 e. The number of aliphatic hydroxyl groups excluding tert-OH is 2. The molecule has 0 aromatic heterocycles. The van der Waals surface area contributed by atoms with Crippen LogP contribution in [0, 0.1) is 5.92 Å². The number of rotatable bonds is 6. The quantitative estimate of drug-likeness (QED) is 0.782. The van der Waals surface area contributed by atoms with Crippen molar-refractivity contribution in [2.45, 2.75) is 29.9 Å². The minimum Gasteiger partial charge on any atom is -0.611 e. The molecule has 0 bridgehead atoms. The average molecular weight is 316 g/mol. The maximum Gasteiger partial charge on any atom is 0.152 e. The van der Waals surface area contributed by atoms with Gasteiger partial charge in [-0.05, 0) is 41.7 Å². The fourth-order valence-electron chi connectivity index (χ4n) is 2.35. The van der Waals surface area contributed by atoms with Crippen LogP contribution in [0.15, 0.2) is 29.2 Å². The minimum absolute atomic E-state index is 0.415. The molecule has 21 heavy (non-hydrogen) atoms. The first-order valence-corrected chi connectivity index (χ1v) is 8.42. The van der Waals surface area contributed by atoms with E-state index in [1.807, 2.05) is 0 Å². The zero-order chi connectivity index (χ0) is 15.2. The highest BCUT2D eigenvalue weighted by Crippen LogP contribution is 2.23. The van der Waals surface area contributed by atoms with E-state index in [0.29, 0.717) is 22.1 Å². The second kappa shape index (κ2) is 8.10. The molecule has 2 N–H and O–H groups in total. The van der Waals surface area contributed by atoms with Crippen molar-refractivity contribution < 1.29 is 23.9 Å². The van der Waals surface area contributed by atoms with Crippen molar-refractivity contribution in [3.63, 3.8) is 0 Å². The standard InChI is InChI=1S/C15H21FO4S/c16-9-14(17)15(18)12-1-3-13(4-2-12)21(19)10-11-5-7-20-8-6-11/h1-4,11,14-15,17-18H,5-10H2. The highest BCUT2D eigenvalue weighted by molar-refractivity contribution is 7.91. The lowest BCUT2D eigenvalue weighted by Gasteiger charge is -2.23. The van der Waals surface area contributed by atoms with Crippen molar-refractivity contribution >= 4 is 11.2 Å². The largest absolute Gasteiger partial charge is 0.611 e. The zero-order valence-corrected chi connectivity index (χ0v) is 12.6. The van der Waals surface area contributed by atoms with E-state index in [1.54, 1.807) is 24.3 Å². The Morgan fingerprint density at radius 1 is 1.24 bits per heavy atom. The molecule has 1 aromatic rings. The Labute approximate surface area is 127 Å². The van der Waals surface area contributed by atoms with Gasteiger partial charge in [0.2, 0.25) is 0 Å². The normalized spacial score (nSPS) is 21.0. The highest BCUT2D eigenvalue weighted by Gasteiger charge is 2.23. The van der Waals surface area contributed by atoms with Crippen molar-refractivity contribution in [3.05, 3.63) is 29.8 Å². The third kappa shape index (κ3) is 4.66. The predicted octanol–water partition coefficient (Wildman–Crippen LogP) is 1.58. The molecule has 0 spiro atoms. The molecular weight excluding hydrogens is 295 g/mol. The number of aliphatic hydroxyl groups is 2. The van der Waals surface area contributed by atoms with Crippen LogP contribution in [-0.4, -0.2) is 46.5 Å². The van der Waals surface area contributed by atoms with Crippen LogP contribution in [0.1, 0.15) is 24.5 Å². The van der Waals surface area contributed by atoms with Crippen LogP contribution < -0.4 is 0 Å². The summed E-state index contributed by atoms with van der Waals surface area (Å²) in [5.41, 5.74) is 0.423. The molecule has 3 atom stereocenters. The maximum absolute atomic E-state index is 12.3. The summed E-state index contributed by atoms with van der Waals surface area (Å²) in [4.78, 5) is 0.687. The summed E-state index contributed by atoms with van der Waals surface area (Å²) in [7, 11) is 0. The summed E-state index contributed by atoms with van der Waals surface area (Å²) in [5, 5.41) is 19.0. The summed E-state index contributed by atoms with van der Waals surface area (Å²) in [6.45, 7) is 0.459. The van der Waals surface area contributed by atoms with Gasteiger partial charge in [0.15, 0.2) is 4.90 Å². The van der Waals surface area contributed by atoms with Crippen molar-refractivity contribution in [2.75, 3.05) is 25.6 Å². The number of alkyl halides is 1. The Morgan fingerprint density at radius 3 is 2.43 bits per heavy atom. The van der Waals surface area contributed by atoms with E-state index in [4.69, 9.17) is 4.74 Å². The van der Waals surface area contributed by atoms with Gasteiger partial charge >= 0.3 is 0 Å². The van der Waals surface area contributed by atoms with Gasteiger partial charge in [-0.2, -0.15) is 0 Å². The lowest BCUT2D eigenvalue weighted by atomic mass is 10.0. The zero-order valence-electron chi connectivity index (χ0n) is 11.8. The molecule has 1 aliphatic rings. The highest BCUT2D eigenvalue weighted by atomic mass is 32.2. The Hall–Kier alpha value is -0.660. The van der Waals surface area contributed by atoms with Gasteiger partial charge in [0.05, 0.1) is 0 Å². The molecule has 1 fully saturated rings. The number of halogens is 1. The van der Waals surface area contributed by atoms with Gasteiger partial charge in [0.1, 0.15) is 24.6 Å². The fraction of sp³-hybridized carbons (Fsp3) is 0.600. The van der Waals surface area contributed by atoms with Crippen molar-refractivity contribution in [2.24, 2.45) is 5.92 Å². The van der Waals surface area contributed by atoms with Crippen LogP contribution in [0.2, 0.25) is 0 Å². The molecule has 4 nitrogen and oxygen atoms in total. The molecule has 1 saturated heterocycles. The number of hydrogen-bond acceptors (Lipinski definition) is 4. The van der Waals surface area contributed by atoms with Gasteiger partial charge in [-0.15, -0.1) is 0 Å². The van der Waals surface area contributed by atoms with Gasteiger partial charge in [-0.25, -0.2) is 4.39 Å². The van der Waals surface area contributed by atoms with Crippen LogP contribution in [0.5, 0.6) is 0 Å². The van der Waals surface area contributed by atoms with E-state index in [9.17, 15) is 19.2 Å². The van der Waals surface area contributed by atoms with Crippen molar-refractivity contribution in [1.29, 1.82) is 0 Å². The molecule has 1 aromatic carbocycles. The number of ether oxygens (including phenoxy) is 1. The molecule has 3 unspecified atom stereocenters. The molecule has 0 radical (unpaired) electrons. The molecule has 0 saturated carbocycles. The topological polar surface area (TPSA) is 72.8 Å². The van der Waals surface area contributed by atoms with Gasteiger partial charge in [-0.1, -0.05) is 12.1 Å². The molecule has 6 heteroatoms. The first-order valence-electron chi connectivity index (χ1n) is 7.10. The van der Waals surface area contributed by atoms with Crippen LogP contribution in [0.25, 0.3) is 0 Å². The van der Waals surface area contributed by atoms with E-state index in [-0.39, 0.29) is 0 Å². The Kier molecular flexibility index (Phi) is 6.44. The number of hydrogen-bond donors (Lipinski definition) is 2. The lowest BCUT2D eigenvalue weighted by molar-refractivity contribution is 0.00404. The molecule has 1 heterocycles. The molecular formula is C15H21FO4S. The Bertz CT molecular complexity index is 422. The number of benzene rings is 1. The van der Waals surface area contributed by atoms with Gasteiger partial charge in [0, 0.05) is 19.1 Å². The summed E-state index contributed by atoms with van der Waals surface area (Å²) in [5.74, 6) is 1.02. The SMILES string of the molecule is [O-][S+](CC1CCOCC1)c1ccc(C(O)C(O)CF)cc1. The third-order valence-corrected chi connectivity index (χ3v) is 5.31. The summed E-state index contributed by atoms with van der Waals surface area (Å²) < 4.78 is 29.9. The monoisotopic (exact) mass is 316 g/mol. The first-order chi connectivity index (χ1) is 10.1. The molecule has 2 rings (SSSR count). The summed E-state index contributed by atoms with van der Waals surface area (Å²) >= 11 is -1.09. The lowest BCUT2D eigenvalue weighted by Crippen LogP contribution is -2.23. The summed E-state index contributed by atoms with van der Waals surface area (Å²) in [6.07, 6.45) is -0.812. The molecule has 118 valence electrons. The van der Waals surface area contributed by atoms with Gasteiger partial charge in [-0.3, -0.25) is 0 Å². The maximum atomic E-state index is 12.3. The molecule has 0 amide bonds. The Morgan fingerprint density at radius 2 is 1.86 bits per heavy atom. The minimum atomic E-state index is -1.43.